The van der Waals surface area contributed by atoms with Gasteiger partial charge in [-0.3, -0.25) is 4.79 Å². The minimum atomic E-state index is -2.78. The molecule has 1 atom stereocenters. The molecule has 0 saturated heterocycles. The van der Waals surface area contributed by atoms with E-state index in [1.54, 1.807) is 27.4 Å². The van der Waals surface area contributed by atoms with Crippen LogP contribution < -0.4 is 24.6 Å². The summed E-state index contributed by atoms with van der Waals surface area (Å²) < 4.78 is 24.3. The van der Waals surface area contributed by atoms with E-state index < -0.39 is 8.32 Å². The monoisotopic (exact) mass is 504 g/mol. The van der Waals surface area contributed by atoms with Crippen molar-refractivity contribution in [3.8, 4) is 17.2 Å². The van der Waals surface area contributed by atoms with Gasteiger partial charge in [-0.1, -0.05) is 81.4 Å². The summed E-state index contributed by atoms with van der Waals surface area (Å²) >= 11 is 0. The van der Waals surface area contributed by atoms with Crippen molar-refractivity contribution in [2.24, 2.45) is 0 Å². The standard InChI is InChI=1S/C30H36O5Si/c1-30(2,3)36(22-13-9-7-10-14-22,23-15-11-8-12-16-23)35-21-17-18-26(31)24-20-27(32-4)29(34-6)28(33-5)25(24)19-21/h7-16,20-21H,17-19H2,1-6H3. The molecule has 0 aromatic heterocycles. The summed E-state index contributed by atoms with van der Waals surface area (Å²) in [6, 6.07) is 23.0. The average molecular weight is 505 g/mol. The molecule has 1 unspecified atom stereocenters. The Hall–Kier alpha value is -3.09. The number of hydrogen-bond donors (Lipinski definition) is 0. The van der Waals surface area contributed by atoms with E-state index in [2.05, 4.69) is 69.3 Å². The van der Waals surface area contributed by atoms with Gasteiger partial charge in [0.2, 0.25) is 5.75 Å². The van der Waals surface area contributed by atoms with Crippen LogP contribution in [-0.4, -0.2) is 41.5 Å². The zero-order chi connectivity index (χ0) is 25.9. The molecule has 0 fully saturated rings. The Labute approximate surface area is 215 Å². The predicted molar refractivity (Wildman–Crippen MR) is 146 cm³/mol. The van der Waals surface area contributed by atoms with Crippen molar-refractivity contribution in [2.75, 3.05) is 21.3 Å². The van der Waals surface area contributed by atoms with Crippen LogP contribution in [0.3, 0.4) is 0 Å². The minimum absolute atomic E-state index is 0.0674. The van der Waals surface area contributed by atoms with Crippen LogP contribution in [0.5, 0.6) is 17.2 Å². The lowest BCUT2D eigenvalue weighted by atomic mass is 9.99. The maximum Gasteiger partial charge on any atom is 0.261 e. The Morgan fingerprint density at radius 3 is 1.83 bits per heavy atom. The van der Waals surface area contributed by atoms with Crippen molar-refractivity contribution in [3.05, 3.63) is 77.9 Å². The number of methoxy groups -OCH3 is 3. The van der Waals surface area contributed by atoms with Gasteiger partial charge in [0.15, 0.2) is 17.3 Å². The average Bonchev–Trinajstić information content (AvgIpc) is 3.04. The predicted octanol–water partition coefficient (Wildman–Crippen LogP) is 5.18. The van der Waals surface area contributed by atoms with E-state index in [9.17, 15) is 4.79 Å². The minimum Gasteiger partial charge on any atom is -0.493 e. The molecule has 1 aliphatic carbocycles. The fourth-order valence-electron chi connectivity index (χ4n) is 5.47. The van der Waals surface area contributed by atoms with Gasteiger partial charge in [-0.15, -0.1) is 0 Å². The molecule has 190 valence electrons. The lowest BCUT2D eigenvalue weighted by molar-refractivity contribution is 0.0961. The van der Waals surface area contributed by atoms with Crippen LogP contribution in [-0.2, 0) is 10.8 Å². The van der Waals surface area contributed by atoms with Crippen LogP contribution >= 0.6 is 0 Å². The van der Waals surface area contributed by atoms with E-state index in [-0.39, 0.29) is 16.9 Å². The number of fused-ring (bicyclic) bond motifs is 1. The normalized spacial score (nSPS) is 16.2. The molecule has 0 saturated carbocycles. The second-order valence-electron chi connectivity index (χ2n) is 10.2. The van der Waals surface area contributed by atoms with Gasteiger partial charge < -0.3 is 18.6 Å². The zero-order valence-corrected chi connectivity index (χ0v) is 23.1. The molecular formula is C30H36O5Si. The van der Waals surface area contributed by atoms with E-state index in [0.717, 1.165) is 5.56 Å². The van der Waals surface area contributed by atoms with Gasteiger partial charge in [0, 0.05) is 24.0 Å². The third kappa shape index (κ3) is 4.55. The van der Waals surface area contributed by atoms with E-state index in [4.69, 9.17) is 18.6 Å². The molecule has 3 aromatic carbocycles. The molecule has 0 N–H and O–H groups in total. The summed E-state index contributed by atoms with van der Waals surface area (Å²) in [5, 5.41) is 2.29. The summed E-state index contributed by atoms with van der Waals surface area (Å²) in [4.78, 5) is 13.3. The first-order chi connectivity index (χ1) is 17.3. The molecule has 0 heterocycles. The van der Waals surface area contributed by atoms with E-state index in [1.807, 2.05) is 12.1 Å². The highest BCUT2D eigenvalue weighted by Crippen LogP contribution is 2.45. The molecule has 0 amide bonds. The summed E-state index contributed by atoms with van der Waals surface area (Å²) in [5.74, 6) is 1.60. The van der Waals surface area contributed by atoms with Gasteiger partial charge in [-0.25, -0.2) is 0 Å². The van der Waals surface area contributed by atoms with Crippen LogP contribution in [0.15, 0.2) is 66.7 Å². The van der Waals surface area contributed by atoms with Gasteiger partial charge >= 0.3 is 0 Å². The zero-order valence-electron chi connectivity index (χ0n) is 22.1. The first-order valence-corrected chi connectivity index (χ1v) is 14.3. The van der Waals surface area contributed by atoms with Gasteiger partial charge in [0.25, 0.3) is 8.32 Å². The molecule has 0 radical (unpaired) electrons. The van der Waals surface area contributed by atoms with Crippen LogP contribution in [0.25, 0.3) is 0 Å². The van der Waals surface area contributed by atoms with Crippen LogP contribution in [0, 0.1) is 0 Å². The van der Waals surface area contributed by atoms with Gasteiger partial charge in [-0.05, 0) is 27.9 Å². The van der Waals surface area contributed by atoms with Gasteiger partial charge in [0.1, 0.15) is 0 Å². The molecule has 0 spiro atoms. The Morgan fingerprint density at radius 2 is 1.36 bits per heavy atom. The van der Waals surface area contributed by atoms with E-state index >= 15 is 0 Å². The van der Waals surface area contributed by atoms with Gasteiger partial charge in [-0.2, -0.15) is 0 Å². The highest BCUT2D eigenvalue weighted by molar-refractivity contribution is 6.99. The molecule has 6 heteroatoms. The number of carbonyl (C=O) groups is 1. The van der Waals surface area contributed by atoms with Crippen molar-refractivity contribution >= 4 is 24.5 Å². The number of rotatable bonds is 7. The molecule has 3 aromatic rings. The fraction of sp³-hybridized carbons (Fsp3) is 0.367. The highest BCUT2D eigenvalue weighted by Gasteiger charge is 2.51. The van der Waals surface area contributed by atoms with Crippen molar-refractivity contribution in [2.45, 2.75) is 51.2 Å². The summed E-state index contributed by atoms with van der Waals surface area (Å²) in [7, 11) is 1.98. The number of carbonyl (C=O) groups excluding carboxylic acids is 1. The second kappa shape index (κ2) is 10.5. The van der Waals surface area contributed by atoms with Crippen LogP contribution in [0.4, 0.5) is 0 Å². The maximum absolute atomic E-state index is 13.3. The number of ketones is 1. The smallest absolute Gasteiger partial charge is 0.261 e. The lowest BCUT2D eigenvalue weighted by Crippen LogP contribution is -2.67. The lowest BCUT2D eigenvalue weighted by Gasteiger charge is -2.45. The number of ether oxygens (including phenoxy) is 3. The molecule has 5 nitrogen and oxygen atoms in total. The maximum atomic E-state index is 13.3. The molecular weight excluding hydrogens is 468 g/mol. The van der Waals surface area contributed by atoms with E-state index in [0.29, 0.717) is 42.1 Å². The first-order valence-electron chi connectivity index (χ1n) is 12.4. The SMILES string of the molecule is COc1cc2c(c(OC)c1OC)CC(O[Si](c1ccccc1)(c1ccccc1)C(C)(C)C)CCC2=O. The van der Waals surface area contributed by atoms with Crippen LogP contribution in [0.2, 0.25) is 5.04 Å². The van der Waals surface area contributed by atoms with Crippen molar-refractivity contribution in [1.29, 1.82) is 0 Å². The largest absolute Gasteiger partial charge is 0.493 e. The topological polar surface area (TPSA) is 54.0 Å². The van der Waals surface area contributed by atoms with Crippen molar-refractivity contribution in [3.63, 3.8) is 0 Å². The highest BCUT2D eigenvalue weighted by atomic mass is 28.4. The summed E-state index contributed by atoms with van der Waals surface area (Å²) in [5.41, 5.74) is 1.44. The summed E-state index contributed by atoms with van der Waals surface area (Å²) in [6.45, 7) is 6.80. The Bertz CT molecular complexity index is 1160. The fourth-order valence-corrected chi connectivity index (χ4v) is 10.2. The molecule has 4 rings (SSSR count). The molecule has 0 aliphatic heterocycles. The molecule has 36 heavy (non-hydrogen) atoms. The number of benzene rings is 3. The van der Waals surface area contributed by atoms with Crippen molar-refractivity contribution < 1.29 is 23.4 Å². The molecule has 1 aliphatic rings. The third-order valence-corrected chi connectivity index (χ3v) is 12.2. The van der Waals surface area contributed by atoms with Gasteiger partial charge in [0.05, 0.1) is 27.4 Å². The second-order valence-corrected chi connectivity index (χ2v) is 14.5. The quantitative estimate of drug-likeness (QED) is 0.328. The first kappa shape index (κ1) is 26.0. The Morgan fingerprint density at radius 1 is 0.806 bits per heavy atom. The van der Waals surface area contributed by atoms with Crippen LogP contribution in [0.1, 0.15) is 49.5 Å². The third-order valence-electron chi connectivity index (χ3n) is 7.12. The Balaban J connectivity index is 1.87. The summed E-state index contributed by atoms with van der Waals surface area (Å²) in [6.07, 6.45) is 1.41. The van der Waals surface area contributed by atoms with E-state index in [1.165, 1.54) is 10.4 Å². The van der Waals surface area contributed by atoms with Crippen molar-refractivity contribution in [1.82, 2.24) is 0 Å². The number of hydrogen-bond acceptors (Lipinski definition) is 5. The Kier molecular flexibility index (Phi) is 7.57. The number of Topliss-reactive ketones (excluding diaryl/α,β-unsaturated/α-hetero) is 1. The molecule has 0 bridgehead atoms.